The lowest BCUT2D eigenvalue weighted by Crippen LogP contribution is -2.04. The Hall–Kier alpha value is -1.59. The summed E-state index contributed by atoms with van der Waals surface area (Å²) < 4.78 is 36.9. The molecule has 0 unspecified atom stereocenters. The Kier molecular flexibility index (Phi) is 2.50. The molecule has 0 saturated heterocycles. The highest BCUT2D eigenvalue weighted by atomic mass is 19.3. The van der Waals surface area contributed by atoms with E-state index in [0.29, 0.717) is 6.20 Å². The Morgan fingerprint density at radius 1 is 1.54 bits per heavy atom. The molecule has 0 amide bonds. The van der Waals surface area contributed by atoms with Crippen LogP contribution < -0.4 is 5.73 Å². The highest BCUT2D eigenvalue weighted by Crippen LogP contribution is 2.26. The molecule has 0 aliphatic carbocycles. The van der Waals surface area contributed by atoms with Crippen molar-refractivity contribution in [2.24, 2.45) is 0 Å². The fourth-order valence-electron chi connectivity index (χ4n) is 0.818. The number of aromatic nitrogens is 1. The number of nitrogen functional groups attached to an aromatic ring is 1. The van der Waals surface area contributed by atoms with Crippen LogP contribution in [0, 0.1) is 5.95 Å². The van der Waals surface area contributed by atoms with Gasteiger partial charge in [0.25, 0.3) is 6.43 Å². The summed E-state index contributed by atoms with van der Waals surface area (Å²) in [5.74, 6) is -1.14. The molecule has 13 heavy (non-hydrogen) atoms. The van der Waals surface area contributed by atoms with Crippen molar-refractivity contribution in [1.82, 2.24) is 4.98 Å². The van der Waals surface area contributed by atoms with Crippen LogP contribution in [-0.2, 0) is 0 Å². The normalized spacial score (nSPS) is 10.5. The average molecular weight is 190 g/mol. The Morgan fingerprint density at radius 3 is 2.62 bits per heavy atom. The highest BCUT2D eigenvalue weighted by molar-refractivity contribution is 5.84. The molecular weight excluding hydrogens is 185 g/mol. The molecule has 1 rings (SSSR count). The van der Waals surface area contributed by atoms with Gasteiger partial charge in [0.2, 0.25) is 5.95 Å². The third kappa shape index (κ3) is 1.61. The number of pyridine rings is 1. The van der Waals surface area contributed by atoms with Crippen LogP contribution in [-0.4, -0.2) is 11.3 Å². The molecule has 0 aromatic carbocycles. The lowest BCUT2D eigenvalue weighted by atomic mass is 10.1. The van der Waals surface area contributed by atoms with Gasteiger partial charge in [-0.25, -0.2) is 13.8 Å². The molecule has 0 saturated carbocycles. The fourth-order valence-corrected chi connectivity index (χ4v) is 0.818. The van der Waals surface area contributed by atoms with E-state index in [0.717, 1.165) is 0 Å². The predicted molar refractivity (Wildman–Crippen MR) is 39.0 cm³/mol. The number of hydrogen-bond donors (Lipinski definition) is 1. The minimum absolute atomic E-state index is 0.0591. The second-order valence-electron chi connectivity index (χ2n) is 2.25. The maximum Gasteiger partial charge on any atom is 0.267 e. The molecule has 1 aromatic rings. The first-order chi connectivity index (χ1) is 6.07. The third-order valence-corrected chi connectivity index (χ3v) is 1.49. The Bertz CT molecular complexity index is 341. The first-order valence-corrected chi connectivity index (χ1v) is 3.25. The van der Waals surface area contributed by atoms with Gasteiger partial charge in [-0.15, -0.1) is 0 Å². The first kappa shape index (κ1) is 9.50. The van der Waals surface area contributed by atoms with Gasteiger partial charge in [-0.1, -0.05) is 0 Å². The molecule has 1 aromatic heterocycles. The van der Waals surface area contributed by atoms with E-state index in [2.05, 4.69) is 4.98 Å². The van der Waals surface area contributed by atoms with Crippen molar-refractivity contribution >= 4 is 12.0 Å². The van der Waals surface area contributed by atoms with Crippen LogP contribution in [0.1, 0.15) is 22.3 Å². The molecule has 2 N–H and O–H groups in total. The van der Waals surface area contributed by atoms with E-state index in [-0.39, 0.29) is 6.29 Å². The molecule has 0 atom stereocenters. The van der Waals surface area contributed by atoms with E-state index in [4.69, 9.17) is 5.73 Å². The second kappa shape index (κ2) is 3.42. The Labute approximate surface area is 71.4 Å². The largest absolute Gasteiger partial charge is 0.398 e. The molecule has 0 fully saturated rings. The van der Waals surface area contributed by atoms with Gasteiger partial charge in [-0.2, -0.15) is 4.39 Å². The molecule has 1 heterocycles. The second-order valence-corrected chi connectivity index (χ2v) is 2.25. The van der Waals surface area contributed by atoms with Gasteiger partial charge in [-0.05, 0) is 0 Å². The lowest BCUT2D eigenvalue weighted by molar-refractivity contribution is 0.111. The standard InChI is InChI=1S/C7H5F3N2O/c8-6(9)3-1-12-7(10)4(2-13)5(3)11/h1-2,6H,(H2,11,12). The maximum atomic E-state index is 12.6. The Morgan fingerprint density at radius 2 is 2.15 bits per heavy atom. The van der Waals surface area contributed by atoms with Crippen molar-refractivity contribution in [3.63, 3.8) is 0 Å². The highest BCUT2D eigenvalue weighted by Gasteiger charge is 2.17. The maximum absolute atomic E-state index is 12.6. The van der Waals surface area contributed by atoms with E-state index < -0.39 is 29.2 Å². The molecule has 0 radical (unpaired) electrons. The van der Waals surface area contributed by atoms with Gasteiger partial charge in [0.15, 0.2) is 6.29 Å². The van der Waals surface area contributed by atoms with Gasteiger partial charge < -0.3 is 5.73 Å². The van der Waals surface area contributed by atoms with Gasteiger partial charge >= 0.3 is 0 Å². The zero-order chi connectivity index (χ0) is 10.0. The lowest BCUT2D eigenvalue weighted by Gasteiger charge is -2.05. The minimum atomic E-state index is -2.87. The number of carbonyl (C=O) groups excluding carboxylic acids is 1. The van der Waals surface area contributed by atoms with Gasteiger partial charge in [0.05, 0.1) is 16.8 Å². The van der Waals surface area contributed by atoms with Crippen molar-refractivity contribution in [3.05, 3.63) is 23.3 Å². The van der Waals surface area contributed by atoms with Crippen LogP contribution in [0.25, 0.3) is 0 Å². The summed E-state index contributed by atoms with van der Waals surface area (Å²) in [5.41, 5.74) is 3.28. The van der Waals surface area contributed by atoms with Crippen LogP contribution in [0.5, 0.6) is 0 Å². The van der Waals surface area contributed by atoms with E-state index in [1.165, 1.54) is 0 Å². The van der Waals surface area contributed by atoms with Crippen molar-refractivity contribution in [3.8, 4) is 0 Å². The van der Waals surface area contributed by atoms with Crippen LogP contribution in [0.15, 0.2) is 6.20 Å². The summed E-state index contributed by atoms with van der Waals surface area (Å²) in [6, 6.07) is 0. The fraction of sp³-hybridized carbons (Fsp3) is 0.143. The van der Waals surface area contributed by atoms with Crippen LogP contribution in [0.4, 0.5) is 18.9 Å². The zero-order valence-electron chi connectivity index (χ0n) is 6.30. The monoisotopic (exact) mass is 190 g/mol. The summed E-state index contributed by atoms with van der Waals surface area (Å²) in [6.07, 6.45) is -2.20. The Balaban J connectivity index is 3.35. The smallest absolute Gasteiger partial charge is 0.267 e. The van der Waals surface area contributed by atoms with Crippen molar-refractivity contribution in [2.75, 3.05) is 5.73 Å². The molecule has 0 spiro atoms. The first-order valence-electron chi connectivity index (χ1n) is 3.25. The van der Waals surface area contributed by atoms with Crippen molar-refractivity contribution < 1.29 is 18.0 Å². The number of rotatable bonds is 2. The summed E-state index contributed by atoms with van der Waals surface area (Å²) in [4.78, 5) is 13.2. The van der Waals surface area contributed by atoms with E-state index in [1.807, 2.05) is 0 Å². The summed E-state index contributed by atoms with van der Waals surface area (Å²) >= 11 is 0. The number of hydrogen-bond acceptors (Lipinski definition) is 3. The number of anilines is 1. The molecular formula is C7H5F3N2O. The van der Waals surface area contributed by atoms with Gasteiger partial charge in [0.1, 0.15) is 0 Å². The summed E-state index contributed by atoms with van der Waals surface area (Å²) in [5, 5.41) is 0. The summed E-state index contributed by atoms with van der Waals surface area (Å²) in [7, 11) is 0. The van der Waals surface area contributed by atoms with E-state index >= 15 is 0 Å². The number of alkyl halides is 2. The quantitative estimate of drug-likeness (QED) is 0.568. The van der Waals surface area contributed by atoms with Crippen LogP contribution in [0.3, 0.4) is 0 Å². The van der Waals surface area contributed by atoms with Crippen molar-refractivity contribution in [1.29, 1.82) is 0 Å². The average Bonchev–Trinajstić information content (AvgIpc) is 2.04. The van der Waals surface area contributed by atoms with Crippen LogP contribution in [0.2, 0.25) is 0 Å². The molecule has 0 bridgehead atoms. The molecule has 3 nitrogen and oxygen atoms in total. The van der Waals surface area contributed by atoms with E-state index in [1.54, 1.807) is 0 Å². The topological polar surface area (TPSA) is 56.0 Å². The number of nitrogens with zero attached hydrogens (tertiary/aromatic N) is 1. The predicted octanol–water partition coefficient (Wildman–Crippen LogP) is 1.55. The molecule has 0 aliphatic heterocycles. The zero-order valence-corrected chi connectivity index (χ0v) is 6.30. The van der Waals surface area contributed by atoms with E-state index in [9.17, 15) is 18.0 Å². The number of carbonyl (C=O) groups is 1. The van der Waals surface area contributed by atoms with Gasteiger partial charge in [0, 0.05) is 6.20 Å². The molecule has 0 aliphatic rings. The number of halogens is 3. The molecule has 6 heteroatoms. The minimum Gasteiger partial charge on any atom is -0.398 e. The van der Waals surface area contributed by atoms with Crippen LogP contribution >= 0.6 is 0 Å². The summed E-state index contributed by atoms with van der Waals surface area (Å²) in [6.45, 7) is 0. The third-order valence-electron chi connectivity index (χ3n) is 1.49. The number of aldehydes is 1. The molecule has 70 valence electrons. The SMILES string of the molecule is Nc1c(C(F)F)cnc(F)c1C=O. The number of nitrogens with two attached hydrogens (primary N) is 1. The van der Waals surface area contributed by atoms with Gasteiger partial charge in [-0.3, -0.25) is 4.79 Å². The van der Waals surface area contributed by atoms with Crippen molar-refractivity contribution in [2.45, 2.75) is 6.43 Å².